The minimum atomic E-state index is 0.343. The van der Waals surface area contributed by atoms with Crippen molar-refractivity contribution in [3.8, 4) is 0 Å². The summed E-state index contributed by atoms with van der Waals surface area (Å²) in [4.78, 5) is 14.3. The fraction of sp³-hybridized carbons (Fsp3) is 0.722. The largest absolute Gasteiger partial charge is 0.339 e. The van der Waals surface area contributed by atoms with Gasteiger partial charge >= 0.3 is 0 Å². The van der Waals surface area contributed by atoms with Crippen molar-refractivity contribution in [1.29, 1.82) is 0 Å². The Kier molecular flexibility index (Phi) is 5.45. The summed E-state index contributed by atoms with van der Waals surface area (Å²) in [6.07, 6.45) is 11.6. The van der Waals surface area contributed by atoms with Crippen molar-refractivity contribution in [1.82, 2.24) is 4.90 Å². The van der Waals surface area contributed by atoms with E-state index in [9.17, 15) is 4.79 Å². The standard InChI is InChI=1S/C18H29NO/c1-4-12-19(18(20)17-9-10-17)13-11-15(3)16-7-5-14(2)6-8-16/h5,11,16-17H,4,6-10,12-13H2,1-3H3/b15-11-. The number of carbonyl (C=O) groups excluding carboxylic acids is 1. The summed E-state index contributed by atoms with van der Waals surface area (Å²) in [6.45, 7) is 8.34. The molecule has 0 aliphatic heterocycles. The molecule has 2 aliphatic rings. The molecule has 1 amide bonds. The number of hydrogen-bond donors (Lipinski definition) is 0. The number of hydrogen-bond acceptors (Lipinski definition) is 1. The Bertz CT molecular complexity index is 404. The van der Waals surface area contributed by atoms with E-state index < -0.39 is 0 Å². The second kappa shape index (κ2) is 7.10. The van der Waals surface area contributed by atoms with Crippen molar-refractivity contribution in [3.05, 3.63) is 23.3 Å². The highest BCUT2D eigenvalue weighted by Gasteiger charge is 2.32. The zero-order chi connectivity index (χ0) is 14.5. The summed E-state index contributed by atoms with van der Waals surface area (Å²) in [5.41, 5.74) is 3.00. The van der Waals surface area contributed by atoms with Crippen LogP contribution in [0.3, 0.4) is 0 Å². The Balaban J connectivity index is 1.89. The fourth-order valence-corrected chi connectivity index (χ4v) is 2.95. The lowest BCUT2D eigenvalue weighted by Crippen LogP contribution is -2.33. The summed E-state index contributed by atoms with van der Waals surface area (Å²) in [5.74, 6) is 1.42. The number of carbonyl (C=O) groups is 1. The average molecular weight is 275 g/mol. The van der Waals surface area contributed by atoms with Gasteiger partial charge in [-0.05, 0) is 58.3 Å². The first-order valence-corrected chi connectivity index (χ1v) is 8.23. The second-order valence-corrected chi connectivity index (χ2v) is 6.53. The number of amides is 1. The predicted octanol–water partition coefficient (Wildman–Crippen LogP) is 4.33. The summed E-state index contributed by atoms with van der Waals surface area (Å²) >= 11 is 0. The smallest absolute Gasteiger partial charge is 0.225 e. The minimum absolute atomic E-state index is 0.343. The van der Waals surface area contributed by atoms with Crippen LogP contribution < -0.4 is 0 Å². The third-order valence-corrected chi connectivity index (χ3v) is 4.65. The first kappa shape index (κ1) is 15.3. The molecule has 0 heterocycles. The van der Waals surface area contributed by atoms with Crippen LogP contribution in [0.5, 0.6) is 0 Å². The molecule has 0 aromatic carbocycles. The van der Waals surface area contributed by atoms with E-state index in [4.69, 9.17) is 0 Å². The van der Waals surface area contributed by atoms with E-state index in [2.05, 4.69) is 37.8 Å². The molecule has 0 N–H and O–H groups in total. The van der Waals surface area contributed by atoms with Crippen molar-refractivity contribution in [2.75, 3.05) is 13.1 Å². The number of allylic oxidation sites excluding steroid dienone is 3. The van der Waals surface area contributed by atoms with Gasteiger partial charge in [-0.1, -0.05) is 30.2 Å². The molecule has 1 saturated carbocycles. The third-order valence-electron chi connectivity index (χ3n) is 4.65. The average Bonchev–Trinajstić information content (AvgIpc) is 3.27. The van der Waals surface area contributed by atoms with Crippen molar-refractivity contribution >= 4 is 5.91 Å². The molecule has 2 rings (SSSR count). The first-order chi connectivity index (χ1) is 9.61. The van der Waals surface area contributed by atoms with E-state index in [0.29, 0.717) is 17.7 Å². The molecule has 0 aromatic rings. The van der Waals surface area contributed by atoms with Gasteiger partial charge in [0.05, 0.1) is 0 Å². The van der Waals surface area contributed by atoms with Gasteiger partial charge in [-0.3, -0.25) is 4.79 Å². The van der Waals surface area contributed by atoms with Crippen LogP contribution in [0.2, 0.25) is 0 Å². The molecular formula is C18H29NO. The van der Waals surface area contributed by atoms with E-state index in [-0.39, 0.29) is 0 Å². The Morgan fingerprint density at radius 2 is 2.10 bits per heavy atom. The Labute approximate surface area is 123 Å². The summed E-state index contributed by atoms with van der Waals surface area (Å²) in [7, 11) is 0. The van der Waals surface area contributed by atoms with Gasteiger partial charge in [-0.25, -0.2) is 0 Å². The van der Waals surface area contributed by atoms with Crippen LogP contribution in [0.25, 0.3) is 0 Å². The van der Waals surface area contributed by atoms with Crippen molar-refractivity contribution in [2.24, 2.45) is 11.8 Å². The Hall–Kier alpha value is -1.05. The van der Waals surface area contributed by atoms with E-state index in [1.165, 1.54) is 30.4 Å². The van der Waals surface area contributed by atoms with Gasteiger partial charge in [0.15, 0.2) is 0 Å². The number of nitrogens with zero attached hydrogens (tertiary/aromatic N) is 1. The van der Waals surface area contributed by atoms with Crippen molar-refractivity contribution in [2.45, 2.75) is 59.3 Å². The molecule has 2 aliphatic carbocycles. The lowest BCUT2D eigenvalue weighted by atomic mass is 9.85. The summed E-state index contributed by atoms with van der Waals surface area (Å²) < 4.78 is 0. The topological polar surface area (TPSA) is 20.3 Å². The SMILES string of the molecule is CCCN(C/C=C(/C)C1CC=C(C)CC1)C(=O)C1CC1. The normalized spacial score (nSPS) is 23.4. The molecule has 1 fully saturated rings. The maximum Gasteiger partial charge on any atom is 0.225 e. The quantitative estimate of drug-likeness (QED) is 0.661. The van der Waals surface area contributed by atoms with Gasteiger partial charge in [0.2, 0.25) is 5.91 Å². The van der Waals surface area contributed by atoms with Crippen LogP contribution in [0.1, 0.15) is 59.3 Å². The van der Waals surface area contributed by atoms with Gasteiger partial charge in [-0.15, -0.1) is 0 Å². The van der Waals surface area contributed by atoms with Gasteiger partial charge in [-0.2, -0.15) is 0 Å². The van der Waals surface area contributed by atoms with Gasteiger partial charge in [0, 0.05) is 19.0 Å². The lowest BCUT2D eigenvalue weighted by molar-refractivity contribution is -0.132. The first-order valence-electron chi connectivity index (χ1n) is 8.23. The van der Waals surface area contributed by atoms with Crippen LogP contribution in [-0.2, 0) is 4.79 Å². The van der Waals surface area contributed by atoms with Crippen LogP contribution in [0.4, 0.5) is 0 Å². The molecule has 20 heavy (non-hydrogen) atoms. The van der Waals surface area contributed by atoms with E-state index in [1.54, 1.807) is 0 Å². The number of rotatable bonds is 6. The second-order valence-electron chi connectivity index (χ2n) is 6.53. The molecule has 0 saturated heterocycles. The van der Waals surface area contributed by atoms with Crippen molar-refractivity contribution < 1.29 is 4.79 Å². The van der Waals surface area contributed by atoms with E-state index in [1.807, 2.05) is 0 Å². The van der Waals surface area contributed by atoms with Gasteiger partial charge < -0.3 is 4.90 Å². The highest BCUT2D eigenvalue weighted by molar-refractivity contribution is 5.81. The molecule has 1 unspecified atom stereocenters. The summed E-state index contributed by atoms with van der Waals surface area (Å²) in [5, 5.41) is 0. The molecule has 0 spiro atoms. The lowest BCUT2D eigenvalue weighted by Gasteiger charge is -2.24. The van der Waals surface area contributed by atoms with Crippen LogP contribution in [0, 0.1) is 11.8 Å². The van der Waals surface area contributed by atoms with Crippen molar-refractivity contribution in [3.63, 3.8) is 0 Å². The highest BCUT2D eigenvalue weighted by atomic mass is 16.2. The Morgan fingerprint density at radius 3 is 2.65 bits per heavy atom. The molecule has 0 bridgehead atoms. The molecule has 2 heteroatoms. The zero-order valence-electron chi connectivity index (χ0n) is 13.3. The van der Waals surface area contributed by atoms with Gasteiger partial charge in [0.1, 0.15) is 0 Å². The highest BCUT2D eigenvalue weighted by Crippen LogP contribution is 2.31. The maximum atomic E-state index is 12.2. The molecule has 1 atom stereocenters. The molecule has 2 nitrogen and oxygen atoms in total. The Morgan fingerprint density at radius 1 is 1.35 bits per heavy atom. The summed E-state index contributed by atoms with van der Waals surface area (Å²) in [6, 6.07) is 0. The van der Waals surface area contributed by atoms with Crippen LogP contribution in [-0.4, -0.2) is 23.9 Å². The van der Waals surface area contributed by atoms with Gasteiger partial charge in [0.25, 0.3) is 0 Å². The third kappa shape index (κ3) is 4.22. The maximum absolute atomic E-state index is 12.2. The predicted molar refractivity (Wildman–Crippen MR) is 84.5 cm³/mol. The van der Waals surface area contributed by atoms with Crippen LogP contribution >= 0.6 is 0 Å². The van der Waals surface area contributed by atoms with E-state index in [0.717, 1.165) is 32.4 Å². The van der Waals surface area contributed by atoms with Crippen LogP contribution in [0.15, 0.2) is 23.3 Å². The molecule has 112 valence electrons. The molecule has 0 aromatic heterocycles. The minimum Gasteiger partial charge on any atom is -0.339 e. The van der Waals surface area contributed by atoms with E-state index >= 15 is 0 Å². The molecule has 0 radical (unpaired) electrons. The zero-order valence-corrected chi connectivity index (χ0v) is 13.3. The molecular weight excluding hydrogens is 246 g/mol. The fourth-order valence-electron chi connectivity index (χ4n) is 2.95. The monoisotopic (exact) mass is 275 g/mol.